The molecule has 0 aromatic rings. The molecule has 0 amide bonds. The van der Waals surface area contributed by atoms with E-state index >= 15 is 0 Å². The maximum atomic E-state index is 2.58. The molecule has 0 aromatic heterocycles. The van der Waals surface area contributed by atoms with Gasteiger partial charge < -0.3 is 9.80 Å². The average Bonchev–Trinajstić information content (AvgIpc) is 2.93. The van der Waals surface area contributed by atoms with Crippen molar-refractivity contribution in [1.82, 2.24) is 9.80 Å². The molecule has 2 nitrogen and oxygen atoms in total. The van der Waals surface area contributed by atoms with Crippen LogP contribution in [0.25, 0.3) is 0 Å². The van der Waals surface area contributed by atoms with Crippen LogP contribution in [0.1, 0.15) is 110 Å². The van der Waals surface area contributed by atoms with Crippen LogP contribution in [0.2, 0.25) is 0 Å². The van der Waals surface area contributed by atoms with Gasteiger partial charge >= 0.3 is 0 Å². The van der Waals surface area contributed by atoms with Gasteiger partial charge in [0.2, 0.25) is 0 Å². The van der Waals surface area contributed by atoms with Gasteiger partial charge in [-0.05, 0) is 19.3 Å². The molecular formula is C22H44N2. The Morgan fingerprint density at radius 1 is 0.625 bits per heavy atom. The van der Waals surface area contributed by atoms with E-state index in [4.69, 9.17) is 0 Å². The molecule has 0 spiro atoms. The van der Waals surface area contributed by atoms with Gasteiger partial charge in [0.15, 0.2) is 0 Å². The predicted octanol–water partition coefficient (Wildman–Crippen LogP) is 6.92. The van der Waals surface area contributed by atoms with Crippen molar-refractivity contribution >= 4 is 0 Å². The molecule has 0 saturated carbocycles. The quantitative estimate of drug-likeness (QED) is 0.282. The summed E-state index contributed by atoms with van der Waals surface area (Å²) in [6.07, 6.45) is 26.3. The Morgan fingerprint density at radius 3 is 1.71 bits per heavy atom. The van der Waals surface area contributed by atoms with Crippen molar-refractivity contribution in [2.24, 2.45) is 0 Å². The second-order valence-electron chi connectivity index (χ2n) is 7.71. The van der Waals surface area contributed by atoms with Crippen LogP contribution in [0.3, 0.4) is 0 Å². The highest BCUT2D eigenvalue weighted by Gasteiger charge is 2.22. The third kappa shape index (κ3) is 9.59. The van der Waals surface area contributed by atoms with E-state index in [9.17, 15) is 0 Å². The molecule has 142 valence electrons. The Bertz CT molecular complexity index is 300. The van der Waals surface area contributed by atoms with Crippen LogP contribution < -0.4 is 0 Å². The zero-order valence-electron chi connectivity index (χ0n) is 16.9. The molecule has 1 atom stereocenters. The molecule has 0 saturated heterocycles. The molecule has 2 heteroatoms. The average molecular weight is 337 g/mol. The lowest BCUT2D eigenvalue weighted by Gasteiger charge is -2.30. The monoisotopic (exact) mass is 336 g/mol. The molecule has 1 heterocycles. The van der Waals surface area contributed by atoms with E-state index in [2.05, 4.69) is 43.1 Å². The SMILES string of the molecule is CCCCCCCCCCCC1N(C)C=CN1CCCCCCC. The number of unbranched alkanes of at least 4 members (excludes halogenated alkanes) is 12. The van der Waals surface area contributed by atoms with Crippen LogP contribution in [0.15, 0.2) is 12.4 Å². The first-order chi connectivity index (χ1) is 11.8. The van der Waals surface area contributed by atoms with Crippen molar-refractivity contribution in [2.75, 3.05) is 13.6 Å². The van der Waals surface area contributed by atoms with Crippen LogP contribution in [-0.4, -0.2) is 29.6 Å². The van der Waals surface area contributed by atoms with Crippen LogP contribution >= 0.6 is 0 Å². The third-order valence-electron chi connectivity index (χ3n) is 5.43. The van der Waals surface area contributed by atoms with E-state index in [1.165, 1.54) is 103 Å². The molecule has 0 aromatic carbocycles. The van der Waals surface area contributed by atoms with Gasteiger partial charge in [-0.1, -0.05) is 90.9 Å². The lowest BCUT2D eigenvalue weighted by molar-refractivity contribution is 0.159. The topological polar surface area (TPSA) is 6.48 Å². The van der Waals surface area contributed by atoms with Gasteiger partial charge in [0.05, 0.1) is 0 Å². The van der Waals surface area contributed by atoms with E-state index in [1.54, 1.807) is 0 Å². The fourth-order valence-corrected chi connectivity index (χ4v) is 3.75. The molecule has 0 N–H and O–H groups in total. The van der Waals surface area contributed by atoms with E-state index in [0.29, 0.717) is 6.17 Å². The highest BCUT2D eigenvalue weighted by atomic mass is 15.4. The summed E-state index contributed by atoms with van der Waals surface area (Å²) in [7, 11) is 2.24. The molecule has 1 unspecified atom stereocenters. The van der Waals surface area contributed by atoms with Gasteiger partial charge in [-0.3, -0.25) is 0 Å². The highest BCUT2D eigenvalue weighted by Crippen LogP contribution is 2.21. The van der Waals surface area contributed by atoms with Crippen molar-refractivity contribution in [3.63, 3.8) is 0 Å². The summed E-state index contributed by atoms with van der Waals surface area (Å²) in [5, 5.41) is 0. The summed E-state index contributed by atoms with van der Waals surface area (Å²) in [6.45, 7) is 5.83. The highest BCUT2D eigenvalue weighted by molar-refractivity contribution is 4.95. The van der Waals surface area contributed by atoms with Gasteiger partial charge in [-0.15, -0.1) is 0 Å². The molecule has 0 radical (unpaired) electrons. The van der Waals surface area contributed by atoms with Crippen molar-refractivity contribution in [3.8, 4) is 0 Å². The van der Waals surface area contributed by atoms with E-state index in [0.717, 1.165) is 0 Å². The summed E-state index contributed by atoms with van der Waals surface area (Å²) < 4.78 is 0. The second kappa shape index (κ2) is 14.7. The molecule has 1 aliphatic rings. The minimum atomic E-state index is 0.626. The summed E-state index contributed by atoms with van der Waals surface area (Å²) in [4.78, 5) is 4.99. The van der Waals surface area contributed by atoms with Crippen LogP contribution in [0.5, 0.6) is 0 Å². The molecule has 0 fully saturated rings. The third-order valence-corrected chi connectivity index (χ3v) is 5.43. The van der Waals surface area contributed by atoms with E-state index in [1.807, 2.05) is 0 Å². The van der Waals surface area contributed by atoms with Crippen molar-refractivity contribution in [1.29, 1.82) is 0 Å². The number of rotatable bonds is 16. The largest absolute Gasteiger partial charge is 0.359 e. The zero-order chi connectivity index (χ0) is 17.5. The van der Waals surface area contributed by atoms with Crippen LogP contribution in [0.4, 0.5) is 0 Å². The maximum Gasteiger partial charge on any atom is 0.100 e. The van der Waals surface area contributed by atoms with Gasteiger partial charge in [0.1, 0.15) is 6.17 Å². The molecule has 0 aliphatic carbocycles. The van der Waals surface area contributed by atoms with E-state index < -0.39 is 0 Å². The van der Waals surface area contributed by atoms with Crippen molar-refractivity contribution in [3.05, 3.63) is 12.4 Å². The lowest BCUT2D eigenvalue weighted by atomic mass is 10.1. The summed E-state index contributed by atoms with van der Waals surface area (Å²) >= 11 is 0. The second-order valence-corrected chi connectivity index (χ2v) is 7.71. The Labute approximate surface area is 152 Å². The maximum absolute atomic E-state index is 2.58. The summed E-state index contributed by atoms with van der Waals surface area (Å²) in [6, 6.07) is 0. The normalized spacial score (nSPS) is 17.2. The number of hydrogen-bond acceptors (Lipinski definition) is 2. The lowest BCUT2D eigenvalue weighted by Crippen LogP contribution is -2.37. The fraction of sp³-hybridized carbons (Fsp3) is 0.909. The Hall–Kier alpha value is -0.660. The van der Waals surface area contributed by atoms with E-state index in [-0.39, 0.29) is 0 Å². The van der Waals surface area contributed by atoms with Crippen molar-refractivity contribution < 1.29 is 0 Å². The molecular weight excluding hydrogens is 292 g/mol. The molecule has 0 bridgehead atoms. The first-order valence-electron chi connectivity index (χ1n) is 11.0. The van der Waals surface area contributed by atoms with Gasteiger partial charge in [-0.2, -0.15) is 0 Å². The van der Waals surface area contributed by atoms with Gasteiger partial charge in [0.25, 0.3) is 0 Å². The first kappa shape index (κ1) is 21.4. The smallest absolute Gasteiger partial charge is 0.100 e. The minimum absolute atomic E-state index is 0.626. The standard InChI is InChI=1S/C22H44N2/c1-4-6-8-10-11-12-13-14-16-18-22-23(3)20-21-24(22)19-17-15-9-7-5-2/h20-22H,4-19H2,1-3H3. The Kier molecular flexibility index (Phi) is 13.1. The molecule has 1 rings (SSSR count). The number of hydrogen-bond donors (Lipinski definition) is 0. The predicted molar refractivity (Wildman–Crippen MR) is 108 cm³/mol. The van der Waals surface area contributed by atoms with Crippen LogP contribution in [0, 0.1) is 0 Å². The Balaban J connectivity index is 2.03. The van der Waals surface area contributed by atoms with Crippen LogP contribution in [-0.2, 0) is 0 Å². The van der Waals surface area contributed by atoms with Gasteiger partial charge in [-0.25, -0.2) is 0 Å². The van der Waals surface area contributed by atoms with Gasteiger partial charge in [0, 0.05) is 26.0 Å². The Morgan fingerprint density at radius 2 is 1.12 bits per heavy atom. The summed E-state index contributed by atoms with van der Waals surface area (Å²) in [5.41, 5.74) is 0. The molecule has 24 heavy (non-hydrogen) atoms. The zero-order valence-corrected chi connectivity index (χ0v) is 16.9. The summed E-state index contributed by atoms with van der Waals surface area (Å²) in [5.74, 6) is 0. The molecule has 1 aliphatic heterocycles. The number of nitrogens with zero attached hydrogens (tertiary/aromatic N) is 2. The van der Waals surface area contributed by atoms with Crippen molar-refractivity contribution in [2.45, 2.75) is 116 Å². The minimum Gasteiger partial charge on any atom is -0.359 e. The first-order valence-corrected chi connectivity index (χ1v) is 11.0. The fourth-order valence-electron chi connectivity index (χ4n) is 3.75.